The van der Waals surface area contributed by atoms with Crippen LogP contribution < -0.4 is 0 Å². The number of esters is 1. The molecule has 0 amide bonds. The zero-order valence-electron chi connectivity index (χ0n) is 15.9. The van der Waals surface area contributed by atoms with Gasteiger partial charge >= 0.3 is 23.9 Å². The molecule has 0 radical (unpaired) electrons. The summed E-state index contributed by atoms with van der Waals surface area (Å²) in [6.07, 6.45) is -0.967. The highest BCUT2D eigenvalue weighted by molar-refractivity contribution is 5.74. The van der Waals surface area contributed by atoms with E-state index in [2.05, 4.69) is 0 Å². The summed E-state index contributed by atoms with van der Waals surface area (Å²) in [7, 11) is 1.36. The first-order chi connectivity index (χ1) is 13.7. The smallest absolute Gasteiger partial charge is 0.322 e. The van der Waals surface area contributed by atoms with Crippen LogP contribution >= 0.6 is 0 Å². The fourth-order valence-electron chi connectivity index (χ4n) is 2.49. The second kappa shape index (κ2) is 12.4. The Hall–Kier alpha value is -3.02. The van der Waals surface area contributed by atoms with Crippen molar-refractivity contribution in [2.24, 2.45) is 0 Å². The fraction of sp³-hybridized carbons (Fsp3) is 0.444. The van der Waals surface area contributed by atoms with Gasteiger partial charge in [0.05, 0.1) is 26.2 Å². The SMILES string of the molecule is COC(OC(=O)CN(CCN(CC(=O)O)CC(=O)O)CC(=O)O)c1ccccc1. The average molecular weight is 412 g/mol. The minimum absolute atomic E-state index is 0.0506. The lowest BCUT2D eigenvalue weighted by Gasteiger charge is -2.25. The van der Waals surface area contributed by atoms with E-state index in [4.69, 9.17) is 24.8 Å². The van der Waals surface area contributed by atoms with Crippen LogP contribution in [-0.4, -0.2) is 95.4 Å². The van der Waals surface area contributed by atoms with Crippen LogP contribution in [0, 0.1) is 0 Å². The van der Waals surface area contributed by atoms with Gasteiger partial charge in [0.2, 0.25) is 6.29 Å². The number of methoxy groups -OCH3 is 1. The van der Waals surface area contributed by atoms with Crippen LogP contribution in [0.3, 0.4) is 0 Å². The molecule has 0 saturated carbocycles. The number of carbonyl (C=O) groups is 4. The molecule has 11 heteroatoms. The molecule has 0 aromatic heterocycles. The van der Waals surface area contributed by atoms with E-state index in [1.54, 1.807) is 30.3 Å². The van der Waals surface area contributed by atoms with Crippen LogP contribution in [0.2, 0.25) is 0 Å². The third kappa shape index (κ3) is 10.2. The van der Waals surface area contributed by atoms with Crippen molar-refractivity contribution in [3.05, 3.63) is 35.9 Å². The second-order valence-corrected chi connectivity index (χ2v) is 6.07. The van der Waals surface area contributed by atoms with Crippen molar-refractivity contribution >= 4 is 23.9 Å². The molecular weight excluding hydrogens is 388 g/mol. The molecule has 29 heavy (non-hydrogen) atoms. The highest BCUT2D eigenvalue weighted by atomic mass is 16.7. The number of aliphatic carboxylic acids is 3. The summed E-state index contributed by atoms with van der Waals surface area (Å²) in [5, 5.41) is 26.8. The molecule has 1 aromatic rings. The average Bonchev–Trinajstić information content (AvgIpc) is 2.63. The number of hydrogen-bond acceptors (Lipinski definition) is 8. The lowest BCUT2D eigenvalue weighted by molar-refractivity contribution is -0.176. The van der Waals surface area contributed by atoms with Crippen LogP contribution in [0.1, 0.15) is 11.9 Å². The Morgan fingerprint density at radius 1 is 0.828 bits per heavy atom. The Morgan fingerprint density at radius 3 is 1.69 bits per heavy atom. The van der Waals surface area contributed by atoms with Crippen LogP contribution in [0.15, 0.2) is 30.3 Å². The molecule has 11 nitrogen and oxygen atoms in total. The van der Waals surface area contributed by atoms with E-state index in [9.17, 15) is 19.2 Å². The first kappa shape index (κ1) is 24.0. The van der Waals surface area contributed by atoms with Crippen molar-refractivity contribution in [3.63, 3.8) is 0 Å². The summed E-state index contributed by atoms with van der Waals surface area (Å²) in [4.78, 5) is 47.3. The summed E-state index contributed by atoms with van der Waals surface area (Å²) in [5.74, 6) is -4.39. The van der Waals surface area contributed by atoms with Crippen LogP contribution in [0.25, 0.3) is 0 Å². The van der Waals surface area contributed by atoms with E-state index >= 15 is 0 Å². The topological polar surface area (TPSA) is 154 Å². The van der Waals surface area contributed by atoms with Gasteiger partial charge < -0.3 is 24.8 Å². The van der Waals surface area contributed by atoms with Crippen molar-refractivity contribution in [2.45, 2.75) is 6.29 Å². The van der Waals surface area contributed by atoms with Gasteiger partial charge in [-0.1, -0.05) is 30.3 Å². The molecule has 0 aliphatic heterocycles. The number of ether oxygens (including phenoxy) is 2. The zero-order valence-corrected chi connectivity index (χ0v) is 15.9. The maximum atomic E-state index is 12.2. The highest BCUT2D eigenvalue weighted by Crippen LogP contribution is 2.17. The van der Waals surface area contributed by atoms with Crippen molar-refractivity contribution in [1.29, 1.82) is 0 Å². The van der Waals surface area contributed by atoms with Crippen molar-refractivity contribution < 1.29 is 44.0 Å². The van der Waals surface area contributed by atoms with E-state index in [0.717, 1.165) is 4.90 Å². The number of carboxylic acids is 3. The van der Waals surface area contributed by atoms with Crippen LogP contribution in [-0.2, 0) is 28.7 Å². The lowest BCUT2D eigenvalue weighted by atomic mass is 10.2. The number of carbonyl (C=O) groups excluding carboxylic acids is 1. The van der Waals surface area contributed by atoms with Gasteiger partial charge in [-0.25, -0.2) is 0 Å². The standard InChI is InChI=1S/C18H24N2O9/c1-28-18(13-5-3-2-4-6-13)29-17(27)12-20(11-16(25)26)8-7-19(9-14(21)22)10-15(23)24/h2-6,18H,7-12H2,1H3,(H,21,22)(H,23,24)(H,25,26). The van der Waals surface area contributed by atoms with E-state index in [-0.39, 0.29) is 13.1 Å². The molecule has 160 valence electrons. The Morgan fingerprint density at radius 2 is 1.28 bits per heavy atom. The number of rotatable bonds is 14. The van der Waals surface area contributed by atoms with Crippen LogP contribution in [0.5, 0.6) is 0 Å². The lowest BCUT2D eigenvalue weighted by Crippen LogP contribution is -2.43. The van der Waals surface area contributed by atoms with Gasteiger partial charge in [-0.3, -0.25) is 29.0 Å². The Bertz CT molecular complexity index is 680. The number of hydrogen-bond donors (Lipinski definition) is 3. The summed E-state index contributed by atoms with van der Waals surface area (Å²) >= 11 is 0. The highest BCUT2D eigenvalue weighted by Gasteiger charge is 2.21. The summed E-state index contributed by atoms with van der Waals surface area (Å²) in [6.45, 7) is -2.08. The number of nitrogens with zero attached hydrogens (tertiary/aromatic N) is 2. The molecule has 0 aliphatic carbocycles. The molecule has 0 bridgehead atoms. The third-order valence-electron chi connectivity index (χ3n) is 3.69. The van der Waals surface area contributed by atoms with Crippen molar-refractivity contribution in [3.8, 4) is 0 Å². The Balaban J connectivity index is 2.71. The largest absolute Gasteiger partial charge is 0.480 e. The molecule has 0 heterocycles. The third-order valence-corrected chi connectivity index (χ3v) is 3.69. The quantitative estimate of drug-likeness (QED) is 0.273. The predicted octanol–water partition coefficient (Wildman–Crippen LogP) is -0.267. The molecule has 0 fully saturated rings. The van der Waals surface area contributed by atoms with Gasteiger partial charge in [-0.15, -0.1) is 0 Å². The van der Waals surface area contributed by atoms with E-state index in [0.29, 0.717) is 5.56 Å². The molecule has 0 saturated heterocycles. The van der Waals surface area contributed by atoms with Gasteiger partial charge in [-0.2, -0.15) is 0 Å². The number of benzene rings is 1. The summed E-state index contributed by atoms with van der Waals surface area (Å²) in [6, 6.07) is 8.67. The summed E-state index contributed by atoms with van der Waals surface area (Å²) < 4.78 is 10.4. The maximum absolute atomic E-state index is 12.2. The molecule has 3 N–H and O–H groups in total. The van der Waals surface area contributed by atoms with Crippen molar-refractivity contribution in [1.82, 2.24) is 9.80 Å². The van der Waals surface area contributed by atoms with E-state index < -0.39 is 56.3 Å². The van der Waals surface area contributed by atoms with Gasteiger partial charge in [0.25, 0.3) is 0 Å². The molecule has 1 atom stereocenters. The zero-order chi connectivity index (χ0) is 21.8. The molecule has 1 rings (SSSR count). The Labute approximate surface area is 167 Å². The molecule has 0 spiro atoms. The van der Waals surface area contributed by atoms with Gasteiger partial charge in [-0.05, 0) is 0 Å². The first-order valence-corrected chi connectivity index (χ1v) is 8.58. The molecule has 0 aliphatic rings. The van der Waals surface area contributed by atoms with E-state index in [1.165, 1.54) is 12.0 Å². The second-order valence-electron chi connectivity index (χ2n) is 6.07. The predicted molar refractivity (Wildman–Crippen MR) is 98.1 cm³/mol. The van der Waals surface area contributed by atoms with Gasteiger partial charge in [0.15, 0.2) is 0 Å². The molecule has 1 unspecified atom stereocenters. The normalized spacial score (nSPS) is 12.0. The summed E-state index contributed by atoms with van der Waals surface area (Å²) in [5.41, 5.74) is 0.599. The maximum Gasteiger partial charge on any atom is 0.322 e. The first-order valence-electron chi connectivity index (χ1n) is 8.58. The van der Waals surface area contributed by atoms with Gasteiger partial charge in [0, 0.05) is 25.8 Å². The van der Waals surface area contributed by atoms with Crippen LogP contribution in [0.4, 0.5) is 0 Å². The monoisotopic (exact) mass is 412 g/mol. The molecule has 1 aromatic carbocycles. The number of carboxylic acid groups (broad SMARTS) is 3. The minimum Gasteiger partial charge on any atom is -0.480 e. The fourth-order valence-corrected chi connectivity index (χ4v) is 2.49. The van der Waals surface area contributed by atoms with Crippen molar-refractivity contribution in [2.75, 3.05) is 46.4 Å². The molecular formula is C18H24N2O9. The minimum atomic E-state index is -1.22. The Kier molecular flexibility index (Phi) is 10.3. The van der Waals surface area contributed by atoms with Gasteiger partial charge in [0.1, 0.15) is 0 Å². The van der Waals surface area contributed by atoms with E-state index in [1.807, 2.05) is 0 Å².